The van der Waals surface area contributed by atoms with Gasteiger partial charge in [0.15, 0.2) is 5.82 Å². The van der Waals surface area contributed by atoms with Crippen LogP contribution < -0.4 is 9.80 Å². The van der Waals surface area contributed by atoms with Gasteiger partial charge in [0.2, 0.25) is 0 Å². The molecule has 0 N–H and O–H groups in total. The molecule has 1 aromatic heterocycles. The van der Waals surface area contributed by atoms with Crippen LogP contribution in [0.3, 0.4) is 0 Å². The van der Waals surface area contributed by atoms with Crippen LogP contribution in [0, 0.1) is 12.8 Å². The lowest BCUT2D eigenvalue weighted by Gasteiger charge is -2.45. The van der Waals surface area contributed by atoms with E-state index in [1.807, 2.05) is 66.4 Å². The number of anilines is 4. The van der Waals surface area contributed by atoms with Gasteiger partial charge >= 0.3 is 6.18 Å². The highest BCUT2D eigenvalue weighted by Gasteiger charge is 2.49. The second-order valence-electron chi connectivity index (χ2n) is 8.16. The topological polar surface area (TPSA) is 19.4 Å². The van der Waals surface area contributed by atoms with E-state index in [4.69, 9.17) is 0 Å². The molecule has 31 heavy (non-hydrogen) atoms. The van der Waals surface area contributed by atoms with Gasteiger partial charge in [-0.25, -0.2) is 4.98 Å². The maximum absolute atomic E-state index is 13.5. The Hall–Kier alpha value is -3.28. The summed E-state index contributed by atoms with van der Waals surface area (Å²) in [7, 11) is 0. The number of allylic oxidation sites excluding steroid dienone is 1. The Morgan fingerprint density at radius 3 is 2.26 bits per heavy atom. The third-order valence-corrected chi connectivity index (χ3v) is 6.38. The predicted octanol–water partition coefficient (Wildman–Crippen LogP) is 6.94. The molecular formula is C25H22F3N3. The molecular weight excluding hydrogens is 399 g/mol. The molecule has 0 saturated heterocycles. The van der Waals surface area contributed by atoms with Gasteiger partial charge in [0, 0.05) is 23.2 Å². The maximum Gasteiger partial charge on any atom is 0.433 e. The van der Waals surface area contributed by atoms with Crippen molar-refractivity contribution in [3.8, 4) is 0 Å². The van der Waals surface area contributed by atoms with Crippen LogP contribution in [-0.4, -0.2) is 11.1 Å². The quantitative estimate of drug-likeness (QED) is 0.418. The molecule has 0 bridgehead atoms. The molecule has 6 heteroatoms. The highest BCUT2D eigenvalue weighted by molar-refractivity contribution is 5.88. The smallest absolute Gasteiger partial charge is 0.316 e. The van der Waals surface area contributed by atoms with Gasteiger partial charge in [0.25, 0.3) is 0 Å². The molecule has 0 amide bonds. The van der Waals surface area contributed by atoms with Gasteiger partial charge in [-0.15, -0.1) is 6.58 Å². The summed E-state index contributed by atoms with van der Waals surface area (Å²) in [6.07, 6.45) is -2.79. The molecule has 0 radical (unpaired) electrons. The molecule has 0 saturated carbocycles. The first kappa shape index (κ1) is 19.7. The number of hydrogen-bond acceptors (Lipinski definition) is 3. The number of nitrogens with zero attached hydrogens (tertiary/aromatic N) is 3. The Kier molecular flexibility index (Phi) is 4.36. The summed E-state index contributed by atoms with van der Waals surface area (Å²) in [6.45, 7) is 8.20. The summed E-state index contributed by atoms with van der Waals surface area (Å²) >= 11 is 0. The zero-order valence-electron chi connectivity index (χ0n) is 17.3. The third kappa shape index (κ3) is 2.85. The molecule has 0 aliphatic carbocycles. The number of rotatable bonds is 2. The highest BCUT2D eigenvalue weighted by Crippen LogP contribution is 2.56. The normalized spacial score (nSPS) is 22.0. The number of pyridine rings is 1. The summed E-state index contributed by atoms with van der Waals surface area (Å²) in [5.41, 5.74) is 3.74. The first-order chi connectivity index (χ1) is 14.8. The molecule has 3 unspecified atom stereocenters. The molecule has 0 fully saturated rings. The van der Waals surface area contributed by atoms with E-state index in [-0.39, 0.29) is 18.0 Å². The predicted molar refractivity (Wildman–Crippen MR) is 117 cm³/mol. The highest BCUT2D eigenvalue weighted by atomic mass is 19.4. The number of alkyl halides is 3. The first-order valence-electron chi connectivity index (χ1n) is 10.3. The van der Waals surface area contributed by atoms with Gasteiger partial charge in [0.05, 0.1) is 5.69 Å². The lowest BCUT2D eigenvalue weighted by atomic mass is 9.80. The third-order valence-electron chi connectivity index (χ3n) is 6.38. The largest absolute Gasteiger partial charge is 0.433 e. The maximum atomic E-state index is 13.5. The Morgan fingerprint density at radius 2 is 1.58 bits per heavy atom. The molecule has 2 aliphatic heterocycles. The van der Waals surface area contributed by atoms with Gasteiger partial charge < -0.3 is 9.80 Å². The van der Waals surface area contributed by atoms with Gasteiger partial charge in [0.1, 0.15) is 11.9 Å². The molecule has 2 aromatic carbocycles. The minimum absolute atomic E-state index is 0.0653. The first-order valence-corrected chi connectivity index (χ1v) is 10.3. The van der Waals surface area contributed by atoms with E-state index in [0.29, 0.717) is 11.5 Å². The molecule has 2 aliphatic rings. The Morgan fingerprint density at radius 1 is 0.903 bits per heavy atom. The summed E-state index contributed by atoms with van der Waals surface area (Å²) in [5.74, 6) is 0.473. The number of para-hydroxylation sites is 2. The lowest BCUT2D eigenvalue weighted by molar-refractivity contribution is -0.141. The molecule has 3 nitrogen and oxygen atoms in total. The van der Waals surface area contributed by atoms with E-state index in [9.17, 15) is 13.2 Å². The number of halogens is 3. The summed E-state index contributed by atoms with van der Waals surface area (Å²) < 4.78 is 40.6. The molecule has 3 heterocycles. The number of hydrogen-bond donors (Lipinski definition) is 0. The summed E-state index contributed by atoms with van der Waals surface area (Å²) in [4.78, 5) is 8.24. The Labute approximate surface area is 179 Å². The van der Waals surface area contributed by atoms with Crippen molar-refractivity contribution in [1.82, 2.24) is 4.98 Å². The number of aryl methyl sites for hydroxylation is 1. The van der Waals surface area contributed by atoms with E-state index in [1.165, 1.54) is 0 Å². The average molecular weight is 421 g/mol. The van der Waals surface area contributed by atoms with Crippen LogP contribution in [-0.2, 0) is 6.18 Å². The Bertz CT molecular complexity index is 1170. The number of benzene rings is 2. The minimum Gasteiger partial charge on any atom is -0.316 e. The summed E-state index contributed by atoms with van der Waals surface area (Å²) in [5, 5.41) is 0. The zero-order valence-corrected chi connectivity index (χ0v) is 17.3. The second kappa shape index (κ2) is 6.87. The molecule has 158 valence electrons. The van der Waals surface area contributed by atoms with Crippen LogP contribution in [0.4, 0.5) is 36.1 Å². The molecule has 5 rings (SSSR count). The van der Waals surface area contributed by atoms with Gasteiger partial charge in [-0.05, 0) is 42.3 Å². The number of fused-ring (bicyclic) bond motifs is 5. The SMILES string of the molecule is C=CC1c2ccccc2N2c3nc(C(F)(F)F)ccc3N(c3ccccc3C)C2C1C. The average Bonchev–Trinajstić information content (AvgIpc) is 3.09. The standard InChI is InChI=1S/C25H22F3N3/c1-4-17-16(3)24-30(19-11-7-5-9-15(19)2)21-13-14-22(25(26,27)28)29-23(21)31(24)20-12-8-6-10-18(17)20/h4-14,16-17,24H,1H2,2-3H3. The van der Waals surface area contributed by atoms with Crippen LogP contribution in [0.2, 0.25) is 0 Å². The van der Waals surface area contributed by atoms with E-state index in [0.717, 1.165) is 28.6 Å². The molecule has 3 atom stereocenters. The zero-order chi connectivity index (χ0) is 21.9. The van der Waals surface area contributed by atoms with E-state index >= 15 is 0 Å². The van der Waals surface area contributed by atoms with Gasteiger partial charge in [-0.1, -0.05) is 49.4 Å². The van der Waals surface area contributed by atoms with E-state index in [1.54, 1.807) is 6.07 Å². The molecule has 0 spiro atoms. The van der Waals surface area contributed by atoms with Crippen molar-refractivity contribution in [3.05, 3.63) is 90.1 Å². The van der Waals surface area contributed by atoms with Crippen LogP contribution in [0.15, 0.2) is 73.3 Å². The van der Waals surface area contributed by atoms with Crippen LogP contribution >= 0.6 is 0 Å². The van der Waals surface area contributed by atoms with Gasteiger partial charge in [-0.2, -0.15) is 13.2 Å². The monoisotopic (exact) mass is 421 g/mol. The Balaban J connectivity index is 1.81. The fourth-order valence-corrected chi connectivity index (χ4v) is 4.98. The van der Waals surface area contributed by atoms with Crippen molar-refractivity contribution in [3.63, 3.8) is 0 Å². The fourth-order valence-electron chi connectivity index (χ4n) is 4.98. The van der Waals surface area contributed by atoms with Crippen molar-refractivity contribution in [1.29, 1.82) is 0 Å². The van der Waals surface area contributed by atoms with Crippen molar-refractivity contribution in [2.45, 2.75) is 32.1 Å². The van der Waals surface area contributed by atoms with E-state index < -0.39 is 11.9 Å². The van der Waals surface area contributed by atoms with Crippen molar-refractivity contribution >= 4 is 22.9 Å². The van der Waals surface area contributed by atoms with Gasteiger partial charge in [-0.3, -0.25) is 0 Å². The summed E-state index contributed by atoms with van der Waals surface area (Å²) in [6, 6.07) is 18.4. The second-order valence-corrected chi connectivity index (χ2v) is 8.16. The fraction of sp³-hybridized carbons (Fsp3) is 0.240. The van der Waals surface area contributed by atoms with E-state index in [2.05, 4.69) is 23.4 Å². The van der Waals surface area contributed by atoms with Crippen molar-refractivity contribution in [2.24, 2.45) is 5.92 Å². The number of aromatic nitrogens is 1. The van der Waals surface area contributed by atoms with Crippen LogP contribution in [0.5, 0.6) is 0 Å². The van der Waals surface area contributed by atoms with Crippen molar-refractivity contribution in [2.75, 3.05) is 9.80 Å². The van der Waals surface area contributed by atoms with Crippen molar-refractivity contribution < 1.29 is 13.2 Å². The minimum atomic E-state index is -4.51. The lowest BCUT2D eigenvalue weighted by Crippen LogP contribution is -2.48. The van der Waals surface area contributed by atoms with Crippen LogP contribution in [0.1, 0.15) is 29.7 Å². The molecule has 3 aromatic rings. The van der Waals surface area contributed by atoms with Crippen LogP contribution in [0.25, 0.3) is 0 Å².